The number of carboxylic acids is 1. The lowest BCUT2D eigenvalue weighted by atomic mass is 9.88. The van der Waals surface area contributed by atoms with E-state index in [1.54, 1.807) is 37.3 Å². The van der Waals surface area contributed by atoms with Crippen molar-refractivity contribution in [2.45, 2.75) is 32.6 Å². The average Bonchev–Trinajstić information content (AvgIpc) is 3.29. The van der Waals surface area contributed by atoms with Gasteiger partial charge in [-0.2, -0.15) is 0 Å². The Labute approximate surface area is 197 Å². The zero-order valence-electron chi connectivity index (χ0n) is 18.9. The van der Waals surface area contributed by atoms with Crippen LogP contribution in [0.1, 0.15) is 40.7 Å². The molecule has 1 aliphatic carbocycles. The summed E-state index contributed by atoms with van der Waals surface area (Å²) >= 11 is 0. The minimum atomic E-state index is -0.898. The molecule has 3 aromatic rings. The van der Waals surface area contributed by atoms with Crippen LogP contribution >= 0.6 is 0 Å². The van der Waals surface area contributed by atoms with Crippen molar-refractivity contribution in [3.8, 4) is 11.1 Å². The maximum atomic E-state index is 13.5. The van der Waals surface area contributed by atoms with Gasteiger partial charge < -0.3 is 10.4 Å². The van der Waals surface area contributed by atoms with Crippen molar-refractivity contribution in [1.82, 2.24) is 0 Å². The first-order valence-corrected chi connectivity index (χ1v) is 11.3. The Morgan fingerprint density at radius 1 is 0.912 bits per heavy atom. The Bertz CT molecular complexity index is 1200. The second-order valence-electron chi connectivity index (χ2n) is 8.86. The fourth-order valence-corrected chi connectivity index (χ4v) is 4.66. The Morgan fingerprint density at radius 2 is 1.53 bits per heavy atom. The molecule has 0 spiro atoms. The number of rotatable bonds is 7. The number of hydrogen-bond donors (Lipinski definition) is 2. The molecular weight excluding hydrogens is 433 g/mol. The van der Waals surface area contributed by atoms with E-state index < -0.39 is 17.8 Å². The molecule has 0 bridgehead atoms. The van der Waals surface area contributed by atoms with E-state index >= 15 is 0 Å². The summed E-state index contributed by atoms with van der Waals surface area (Å²) in [6.45, 7) is 1.78. The molecule has 1 fully saturated rings. The highest BCUT2D eigenvalue weighted by molar-refractivity contribution is 6.00. The number of amides is 1. The first kappa shape index (κ1) is 23.4. The van der Waals surface area contributed by atoms with Gasteiger partial charge in [-0.15, -0.1) is 0 Å². The van der Waals surface area contributed by atoms with Crippen LogP contribution in [0.25, 0.3) is 11.1 Å². The zero-order valence-corrected chi connectivity index (χ0v) is 18.9. The molecule has 1 aliphatic rings. The van der Waals surface area contributed by atoms with Gasteiger partial charge in [0.05, 0.1) is 12.3 Å². The number of hydrogen-bond acceptors (Lipinski definition) is 3. The van der Waals surface area contributed by atoms with Crippen LogP contribution in [0, 0.1) is 24.6 Å². The standard InChI is InChI=1S/C28H26FNO4/c1-17-13-18(15-22(29)14-17)16-26(31)30-23-11-9-20(10-12-23)19-5-7-21(8-6-19)27(32)24-3-2-4-25(24)28(33)34/h5-15,24-25H,2-4,16H2,1H3,(H,30,31)(H,33,34)/t24-,25-/m0/s1. The highest BCUT2D eigenvalue weighted by Gasteiger charge is 2.37. The van der Waals surface area contributed by atoms with E-state index in [9.17, 15) is 23.9 Å². The minimum absolute atomic E-state index is 0.0829. The molecule has 6 heteroatoms. The summed E-state index contributed by atoms with van der Waals surface area (Å²) in [5.41, 5.74) is 4.37. The molecule has 0 radical (unpaired) electrons. The van der Waals surface area contributed by atoms with Crippen LogP contribution in [0.2, 0.25) is 0 Å². The second-order valence-corrected chi connectivity index (χ2v) is 8.86. The SMILES string of the molecule is Cc1cc(F)cc(CC(=O)Nc2ccc(-c3ccc(C(=O)[C@H]4CCC[C@@H]4C(=O)O)cc3)cc2)c1. The van der Waals surface area contributed by atoms with Gasteiger partial charge in [0.25, 0.3) is 0 Å². The second kappa shape index (κ2) is 10.00. The zero-order chi connectivity index (χ0) is 24.2. The first-order valence-electron chi connectivity index (χ1n) is 11.3. The van der Waals surface area contributed by atoms with Crippen molar-refractivity contribution >= 4 is 23.3 Å². The summed E-state index contributed by atoms with van der Waals surface area (Å²) in [4.78, 5) is 36.5. The molecular formula is C28H26FNO4. The number of carboxylic acid groups (broad SMARTS) is 1. The van der Waals surface area contributed by atoms with Gasteiger partial charge in [-0.25, -0.2) is 4.39 Å². The van der Waals surface area contributed by atoms with Crippen molar-refractivity contribution < 1.29 is 23.9 Å². The molecule has 2 N–H and O–H groups in total. The summed E-state index contributed by atoms with van der Waals surface area (Å²) in [6, 6.07) is 19.1. The number of nitrogens with one attached hydrogen (secondary N) is 1. The van der Waals surface area contributed by atoms with E-state index in [0.29, 0.717) is 29.7 Å². The molecule has 0 aromatic heterocycles. The van der Waals surface area contributed by atoms with Gasteiger partial charge in [0, 0.05) is 17.2 Å². The Balaban J connectivity index is 1.39. The highest BCUT2D eigenvalue weighted by Crippen LogP contribution is 2.35. The monoisotopic (exact) mass is 459 g/mol. The molecule has 1 saturated carbocycles. The summed E-state index contributed by atoms with van der Waals surface area (Å²) < 4.78 is 13.5. The molecule has 5 nitrogen and oxygen atoms in total. The Kier molecular flexibility index (Phi) is 6.87. The fourth-order valence-electron chi connectivity index (χ4n) is 4.66. The molecule has 0 aliphatic heterocycles. The van der Waals surface area contributed by atoms with Crippen LogP contribution in [-0.2, 0) is 16.0 Å². The third-order valence-corrected chi connectivity index (χ3v) is 6.31. The van der Waals surface area contributed by atoms with E-state index in [1.165, 1.54) is 12.1 Å². The van der Waals surface area contributed by atoms with Gasteiger partial charge in [0.2, 0.25) is 5.91 Å². The van der Waals surface area contributed by atoms with Gasteiger partial charge in [-0.3, -0.25) is 14.4 Å². The lowest BCUT2D eigenvalue weighted by Gasteiger charge is -2.14. The lowest BCUT2D eigenvalue weighted by molar-refractivity contribution is -0.142. The fraction of sp³-hybridized carbons (Fsp3) is 0.250. The predicted molar refractivity (Wildman–Crippen MR) is 128 cm³/mol. The Hall–Kier alpha value is -3.80. The molecule has 0 unspecified atom stereocenters. The molecule has 0 saturated heterocycles. The number of aryl methyl sites for hydroxylation is 1. The molecule has 0 heterocycles. The van der Waals surface area contributed by atoms with E-state index in [1.807, 2.05) is 24.3 Å². The highest BCUT2D eigenvalue weighted by atomic mass is 19.1. The van der Waals surface area contributed by atoms with Crippen molar-refractivity contribution in [2.24, 2.45) is 11.8 Å². The van der Waals surface area contributed by atoms with Crippen LogP contribution in [0.5, 0.6) is 0 Å². The summed E-state index contributed by atoms with van der Waals surface area (Å²) in [6.07, 6.45) is 2.01. The van der Waals surface area contributed by atoms with E-state index in [2.05, 4.69) is 5.32 Å². The topological polar surface area (TPSA) is 83.5 Å². The maximum absolute atomic E-state index is 13.5. The number of carbonyl (C=O) groups is 3. The lowest BCUT2D eigenvalue weighted by Crippen LogP contribution is -2.25. The molecule has 2 atom stereocenters. The van der Waals surface area contributed by atoms with Crippen molar-refractivity contribution in [1.29, 1.82) is 0 Å². The summed E-state index contributed by atoms with van der Waals surface area (Å²) in [5.74, 6) is -2.65. The van der Waals surface area contributed by atoms with Gasteiger partial charge in [0.1, 0.15) is 5.82 Å². The van der Waals surface area contributed by atoms with Crippen molar-refractivity contribution in [3.05, 3.63) is 89.2 Å². The van der Waals surface area contributed by atoms with E-state index in [0.717, 1.165) is 23.1 Å². The number of benzene rings is 3. The first-order chi connectivity index (χ1) is 16.3. The molecule has 3 aromatic carbocycles. The molecule has 34 heavy (non-hydrogen) atoms. The van der Waals surface area contributed by atoms with Crippen molar-refractivity contribution in [2.75, 3.05) is 5.32 Å². The molecule has 4 rings (SSSR count). The number of carbonyl (C=O) groups excluding carboxylic acids is 2. The third kappa shape index (κ3) is 5.39. The van der Waals surface area contributed by atoms with Crippen LogP contribution < -0.4 is 5.32 Å². The van der Waals surface area contributed by atoms with E-state index in [-0.39, 0.29) is 23.9 Å². The van der Waals surface area contributed by atoms with Gasteiger partial charge in [-0.1, -0.05) is 48.9 Å². The normalized spacial score (nSPS) is 17.4. The quantitative estimate of drug-likeness (QED) is 0.446. The Morgan fingerprint density at radius 3 is 2.15 bits per heavy atom. The number of aliphatic carboxylic acids is 1. The van der Waals surface area contributed by atoms with Gasteiger partial charge in [-0.05, 0) is 66.3 Å². The van der Waals surface area contributed by atoms with E-state index in [4.69, 9.17) is 0 Å². The molecule has 174 valence electrons. The number of Topliss-reactive ketones (excluding diaryl/α,β-unsaturated/α-hetero) is 1. The van der Waals surface area contributed by atoms with Crippen LogP contribution in [0.3, 0.4) is 0 Å². The number of halogens is 1. The molecule has 1 amide bonds. The number of ketones is 1. The number of anilines is 1. The average molecular weight is 460 g/mol. The van der Waals surface area contributed by atoms with Crippen molar-refractivity contribution in [3.63, 3.8) is 0 Å². The largest absolute Gasteiger partial charge is 0.481 e. The smallest absolute Gasteiger partial charge is 0.307 e. The van der Waals surface area contributed by atoms with Gasteiger partial charge in [0.15, 0.2) is 5.78 Å². The van der Waals surface area contributed by atoms with Crippen LogP contribution in [0.15, 0.2) is 66.7 Å². The van der Waals surface area contributed by atoms with Crippen LogP contribution in [0.4, 0.5) is 10.1 Å². The minimum Gasteiger partial charge on any atom is -0.481 e. The van der Waals surface area contributed by atoms with Crippen LogP contribution in [-0.4, -0.2) is 22.8 Å². The third-order valence-electron chi connectivity index (χ3n) is 6.31. The summed E-state index contributed by atoms with van der Waals surface area (Å²) in [5, 5.41) is 12.2. The maximum Gasteiger partial charge on any atom is 0.307 e. The van der Waals surface area contributed by atoms with Gasteiger partial charge >= 0.3 is 5.97 Å². The summed E-state index contributed by atoms with van der Waals surface area (Å²) in [7, 11) is 0. The predicted octanol–water partition coefficient (Wildman–Crippen LogP) is 5.67.